The third-order valence-corrected chi connectivity index (χ3v) is 3.77. The Morgan fingerprint density at radius 2 is 1.85 bits per heavy atom. The van der Waals surface area contributed by atoms with E-state index in [1.54, 1.807) is 23.9 Å². The molecule has 0 heterocycles. The summed E-state index contributed by atoms with van der Waals surface area (Å²) in [4.78, 5) is 24.5. The second-order valence-electron chi connectivity index (χ2n) is 5.09. The van der Waals surface area contributed by atoms with Gasteiger partial charge in [0.1, 0.15) is 0 Å². The van der Waals surface area contributed by atoms with Gasteiger partial charge in [-0.1, -0.05) is 6.92 Å². The highest BCUT2D eigenvalue weighted by molar-refractivity contribution is 7.98. The molecule has 0 fully saturated rings. The summed E-state index contributed by atoms with van der Waals surface area (Å²) in [6.07, 6.45) is 2.77. The highest BCUT2D eigenvalue weighted by Gasteiger charge is 2.18. The van der Waals surface area contributed by atoms with Gasteiger partial charge in [0.05, 0.1) is 5.56 Å². The maximum atomic E-state index is 11.8. The lowest BCUT2D eigenvalue weighted by Gasteiger charge is -2.24. The molecule has 0 saturated heterocycles. The molecule has 0 spiro atoms. The van der Waals surface area contributed by atoms with E-state index in [1.165, 1.54) is 0 Å². The molecule has 0 unspecified atom stereocenters. The van der Waals surface area contributed by atoms with Crippen LogP contribution in [0.3, 0.4) is 0 Å². The van der Waals surface area contributed by atoms with Crippen LogP contribution in [-0.4, -0.2) is 30.3 Å². The number of hydrogen-bond acceptors (Lipinski definition) is 4. The van der Waals surface area contributed by atoms with Crippen molar-refractivity contribution in [2.75, 3.05) is 12.9 Å². The first-order chi connectivity index (χ1) is 9.38. The number of rotatable bonds is 6. The fourth-order valence-corrected chi connectivity index (χ4v) is 1.85. The van der Waals surface area contributed by atoms with Gasteiger partial charge in [0.15, 0.2) is 6.61 Å². The van der Waals surface area contributed by atoms with E-state index in [0.717, 1.165) is 11.3 Å². The van der Waals surface area contributed by atoms with Crippen molar-refractivity contribution in [2.45, 2.75) is 37.6 Å². The van der Waals surface area contributed by atoms with Gasteiger partial charge < -0.3 is 10.1 Å². The normalized spacial score (nSPS) is 11.0. The Kier molecular flexibility index (Phi) is 6.07. The van der Waals surface area contributed by atoms with Gasteiger partial charge >= 0.3 is 5.97 Å². The Hall–Kier alpha value is -1.49. The van der Waals surface area contributed by atoms with Crippen molar-refractivity contribution in [3.8, 4) is 0 Å². The zero-order valence-corrected chi connectivity index (χ0v) is 13.2. The molecule has 0 aliphatic rings. The summed E-state index contributed by atoms with van der Waals surface area (Å²) in [5.74, 6) is -0.770. The van der Waals surface area contributed by atoms with E-state index >= 15 is 0 Å². The van der Waals surface area contributed by atoms with Crippen LogP contribution in [0.2, 0.25) is 0 Å². The number of hydrogen-bond donors (Lipinski definition) is 1. The molecule has 0 aliphatic heterocycles. The van der Waals surface area contributed by atoms with Gasteiger partial charge in [0, 0.05) is 10.4 Å². The molecule has 110 valence electrons. The van der Waals surface area contributed by atoms with Crippen LogP contribution in [0.5, 0.6) is 0 Å². The van der Waals surface area contributed by atoms with Crippen LogP contribution in [0.15, 0.2) is 29.2 Å². The van der Waals surface area contributed by atoms with Gasteiger partial charge in [-0.2, -0.15) is 0 Å². The average molecular weight is 295 g/mol. The van der Waals surface area contributed by atoms with Crippen molar-refractivity contribution in [3.63, 3.8) is 0 Å². The van der Waals surface area contributed by atoms with E-state index in [-0.39, 0.29) is 18.1 Å². The summed E-state index contributed by atoms with van der Waals surface area (Å²) in [6, 6.07) is 7.09. The van der Waals surface area contributed by atoms with Crippen molar-refractivity contribution in [1.82, 2.24) is 5.32 Å². The molecule has 20 heavy (non-hydrogen) atoms. The maximum Gasteiger partial charge on any atom is 0.338 e. The van der Waals surface area contributed by atoms with Crippen molar-refractivity contribution < 1.29 is 14.3 Å². The number of carbonyl (C=O) groups excluding carboxylic acids is 2. The number of ether oxygens (including phenoxy) is 1. The molecule has 0 radical (unpaired) electrons. The van der Waals surface area contributed by atoms with Crippen molar-refractivity contribution >= 4 is 23.6 Å². The summed E-state index contributed by atoms with van der Waals surface area (Å²) < 4.78 is 5.00. The van der Waals surface area contributed by atoms with Gasteiger partial charge in [-0.3, -0.25) is 4.79 Å². The first-order valence-corrected chi connectivity index (χ1v) is 7.72. The Morgan fingerprint density at radius 1 is 1.25 bits per heavy atom. The van der Waals surface area contributed by atoms with Crippen LogP contribution in [-0.2, 0) is 9.53 Å². The van der Waals surface area contributed by atoms with Gasteiger partial charge in [-0.15, -0.1) is 11.8 Å². The van der Waals surface area contributed by atoms with Crippen LogP contribution in [0.1, 0.15) is 37.6 Å². The van der Waals surface area contributed by atoms with E-state index in [9.17, 15) is 9.59 Å². The first kappa shape index (κ1) is 16.6. The molecule has 5 heteroatoms. The van der Waals surface area contributed by atoms with Crippen LogP contribution in [0, 0.1) is 0 Å². The molecular formula is C15H21NO3S. The molecule has 0 aromatic heterocycles. The van der Waals surface area contributed by atoms with E-state index in [2.05, 4.69) is 5.32 Å². The molecule has 0 atom stereocenters. The average Bonchev–Trinajstić information content (AvgIpc) is 2.44. The number of amides is 1. The fourth-order valence-electron chi connectivity index (χ4n) is 1.44. The Morgan fingerprint density at radius 3 is 2.35 bits per heavy atom. The van der Waals surface area contributed by atoms with Crippen LogP contribution in [0.4, 0.5) is 0 Å². The highest BCUT2D eigenvalue weighted by Crippen LogP contribution is 2.15. The third-order valence-electron chi connectivity index (χ3n) is 3.02. The fraction of sp³-hybridized carbons (Fsp3) is 0.467. The Balaban J connectivity index is 2.48. The van der Waals surface area contributed by atoms with E-state index in [0.29, 0.717) is 5.56 Å². The van der Waals surface area contributed by atoms with Gasteiger partial charge in [0.2, 0.25) is 0 Å². The first-order valence-electron chi connectivity index (χ1n) is 6.50. The number of thioether (sulfide) groups is 1. The molecule has 0 aliphatic carbocycles. The highest BCUT2D eigenvalue weighted by atomic mass is 32.2. The standard InChI is InChI=1S/C15H21NO3S/c1-5-15(2,3)16-13(17)10-19-14(18)11-6-8-12(20-4)9-7-11/h6-9H,5,10H2,1-4H3,(H,16,17). The molecule has 1 amide bonds. The van der Waals surface area contributed by atoms with Crippen LogP contribution in [0.25, 0.3) is 0 Å². The minimum absolute atomic E-state index is 0.257. The molecule has 0 saturated carbocycles. The number of benzene rings is 1. The topological polar surface area (TPSA) is 55.4 Å². The van der Waals surface area contributed by atoms with Gasteiger partial charge in [-0.05, 0) is 50.8 Å². The van der Waals surface area contributed by atoms with Gasteiger partial charge in [0.25, 0.3) is 5.91 Å². The predicted octanol–water partition coefficient (Wildman–Crippen LogP) is 2.87. The Labute approximate surface area is 124 Å². The van der Waals surface area contributed by atoms with Crippen molar-refractivity contribution in [1.29, 1.82) is 0 Å². The summed E-state index contributed by atoms with van der Waals surface area (Å²) in [6.45, 7) is 5.58. The second-order valence-corrected chi connectivity index (χ2v) is 5.97. The van der Waals surface area contributed by atoms with Crippen molar-refractivity contribution in [3.05, 3.63) is 29.8 Å². The lowest BCUT2D eigenvalue weighted by atomic mass is 10.0. The largest absolute Gasteiger partial charge is 0.452 e. The zero-order chi connectivity index (χ0) is 15.2. The molecule has 4 nitrogen and oxygen atoms in total. The quantitative estimate of drug-likeness (QED) is 0.647. The number of esters is 1. The van der Waals surface area contributed by atoms with Crippen molar-refractivity contribution in [2.24, 2.45) is 0 Å². The van der Waals surface area contributed by atoms with Crippen LogP contribution < -0.4 is 5.32 Å². The number of carbonyl (C=O) groups is 2. The molecule has 1 rings (SSSR count). The molecule has 1 aromatic rings. The van der Waals surface area contributed by atoms with Gasteiger partial charge in [-0.25, -0.2) is 4.79 Å². The monoisotopic (exact) mass is 295 g/mol. The van der Waals surface area contributed by atoms with Crippen LogP contribution >= 0.6 is 11.8 Å². The predicted molar refractivity (Wildman–Crippen MR) is 81.0 cm³/mol. The summed E-state index contributed by atoms with van der Waals surface area (Å²) in [7, 11) is 0. The summed E-state index contributed by atoms with van der Waals surface area (Å²) in [5.41, 5.74) is 0.161. The molecule has 1 N–H and O–H groups in total. The van der Waals surface area contributed by atoms with E-state index in [4.69, 9.17) is 4.74 Å². The smallest absolute Gasteiger partial charge is 0.338 e. The lowest BCUT2D eigenvalue weighted by Crippen LogP contribution is -2.44. The molecule has 1 aromatic carbocycles. The van der Waals surface area contributed by atoms with E-state index < -0.39 is 5.97 Å². The maximum absolute atomic E-state index is 11.8. The Bertz CT molecular complexity index is 469. The molecule has 0 bridgehead atoms. The third kappa shape index (κ3) is 5.25. The van der Waals surface area contributed by atoms with E-state index in [1.807, 2.05) is 39.2 Å². The summed E-state index contributed by atoms with van der Waals surface area (Å²) >= 11 is 1.60. The second kappa shape index (κ2) is 7.33. The zero-order valence-electron chi connectivity index (χ0n) is 12.4. The molecular weight excluding hydrogens is 274 g/mol. The minimum Gasteiger partial charge on any atom is -0.452 e. The number of nitrogens with one attached hydrogen (secondary N) is 1. The SMILES string of the molecule is CCC(C)(C)NC(=O)COC(=O)c1ccc(SC)cc1. The minimum atomic E-state index is -0.484. The summed E-state index contributed by atoms with van der Waals surface area (Å²) in [5, 5.41) is 2.81. The lowest BCUT2D eigenvalue weighted by molar-refractivity contribution is -0.125.